The smallest absolute Gasteiger partial charge is 0.0636 e. The SMILES string of the molecule is CCCCC(CCC)NC[C@@H](C)O. The number of aliphatic hydroxyl groups is 1. The number of aliphatic hydroxyl groups excluding tert-OH is 1. The minimum Gasteiger partial charge on any atom is -0.392 e. The molecule has 0 aromatic heterocycles. The van der Waals surface area contributed by atoms with Crippen LogP contribution in [0.2, 0.25) is 0 Å². The van der Waals surface area contributed by atoms with Gasteiger partial charge in [0.2, 0.25) is 0 Å². The molecule has 0 aliphatic heterocycles. The third kappa shape index (κ3) is 8.26. The topological polar surface area (TPSA) is 32.3 Å². The second-order valence-corrected chi connectivity index (χ2v) is 3.89. The highest BCUT2D eigenvalue weighted by Gasteiger charge is 2.06. The molecule has 0 bridgehead atoms. The van der Waals surface area contributed by atoms with Crippen LogP contribution >= 0.6 is 0 Å². The van der Waals surface area contributed by atoms with Gasteiger partial charge in [-0.05, 0) is 19.8 Å². The fourth-order valence-electron chi connectivity index (χ4n) is 1.48. The Morgan fingerprint density at radius 1 is 1.15 bits per heavy atom. The summed E-state index contributed by atoms with van der Waals surface area (Å²) in [6.45, 7) is 6.99. The Hall–Kier alpha value is -0.0800. The average molecular weight is 187 g/mol. The highest BCUT2D eigenvalue weighted by atomic mass is 16.3. The van der Waals surface area contributed by atoms with Crippen molar-refractivity contribution in [3.05, 3.63) is 0 Å². The van der Waals surface area contributed by atoms with Crippen LogP contribution in [0.3, 0.4) is 0 Å². The van der Waals surface area contributed by atoms with Gasteiger partial charge >= 0.3 is 0 Å². The van der Waals surface area contributed by atoms with E-state index in [4.69, 9.17) is 5.11 Å². The lowest BCUT2D eigenvalue weighted by molar-refractivity contribution is 0.183. The van der Waals surface area contributed by atoms with Crippen LogP contribution in [0.15, 0.2) is 0 Å². The average Bonchev–Trinajstić information content (AvgIpc) is 2.09. The van der Waals surface area contributed by atoms with Crippen molar-refractivity contribution in [1.82, 2.24) is 5.32 Å². The number of rotatable bonds is 8. The van der Waals surface area contributed by atoms with Crippen molar-refractivity contribution >= 4 is 0 Å². The lowest BCUT2D eigenvalue weighted by Crippen LogP contribution is -2.34. The van der Waals surface area contributed by atoms with Crippen molar-refractivity contribution in [2.24, 2.45) is 0 Å². The van der Waals surface area contributed by atoms with Crippen molar-refractivity contribution < 1.29 is 5.11 Å². The molecule has 0 saturated heterocycles. The van der Waals surface area contributed by atoms with Crippen LogP contribution in [0.25, 0.3) is 0 Å². The van der Waals surface area contributed by atoms with Gasteiger partial charge in [0.1, 0.15) is 0 Å². The molecule has 2 nitrogen and oxygen atoms in total. The first kappa shape index (κ1) is 12.9. The molecule has 0 amide bonds. The molecular formula is C11H25NO. The summed E-state index contributed by atoms with van der Waals surface area (Å²) >= 11 is 0. The van der Waals surface area contributed by atoms with Gasteiger partial charge in [0.05, 0.1) is 6.10 Å². The Morgan fingerprint density at radius 2 is 1.85 bits per heavy atom. The fourth-order valence-corrected chi connectivity index (χ4v) is 1.48. The van der Waals surface area contributed by atoms with Crippen LogP contribution in [0.4, 0.5) is 0 Å². The van der Waals surface area contributed by atoms with Gasteiger partial charge in [0.15, 0.2) is 0 Å². The van der Waals surface area contributed by atoms with E-state index < -0.39 is 0 Å². The third-order valence-corrected chi connectivity index (χ3v) is 2.25. The number of hydrogen-bond acceptors (Lipinski definition) is 2. The van der Waals surface area contributed by atoms with Gasteiger partial charge in [-0.25, -0.2) is 0 Å². The zero-order valence-electron chi connectivity index (χ0n) is 9.34. The predicted molar refractivity (Wildman–Crippen MR) is 57.9 cm³/mol. The van der Waals surface area contributed by atoms with Crippen molar-refractivity contribution in [1.29, 1.82) is 0 Å². The summed E-state index contributed by atoms with van der Waals surface area (Å²) in [6.07, 6.45) is 6.03. The van der Waals surface area contributed by atoms with Crippen LogP contribution in [-0.2, 0) is 0 Å². The lowest BCUT2D eigenvalue weighted by Gasteiger charge is -2.18. The minimum absolute atomic E-state index is 0.221. The van der Waals surface area contributed by atoms with Gasteiger partial charge in [-0.1, -0.05) is 33.1 Å². The van der Waals surface area contributed by atoms with E-state index >= 15 is 0 Å². The second-order valence-electron chi connectivity index (χ2n) is 3.89. The molecule has 0 aliphatic carbocycles. The zero-order valence-corrected chi connectivity index (χ0v) is 9.34. The van der Waals surface area contributed by atoms with Gasteiger partial charge in [-0.15, -0.1) is 0 Å². The first-order chi connectivity index (χ1) is 6.20. The highest BCUT2D eigenvalue weighted by molar-refractivity contribution is 4.67. The summed E-state index contributed by atoms with van der Waals surface area (Å²) in [5, 5.41) is 12.5. The normalized spacial score (nSPS) is 15.7. The monoisotopic (exact) mass is 187 g/mol. The maximum atomic E-state index is 9.13. The predicted octanol–water partition coefficient (Wildman–Crippen LogP) is 2.32. The van der Waals surface area contributed by atoms with E-state index in [0.717, 1.165) is 6.54 Å². The standard InChI is InChI=1S/C11H25NO/c1-4-6-8-11(7-5-2)12-9-10(3)13/h10-13H,4-9H2,1-3H3/t10-,11?/m1/s1. The largest absolute Gasteiger partial charge is 0.392 e. The van der Waals surface area contributed by atoms with Gasteiger partial charge in [-0.2, -0.15) is 0 Å². The van der Waals surface area contributed by atoms with Crippen molar-refractivity contribution in [2.75, 3.05) is 6.54 Å². The molecule has 0 saturated carbocycles. The minimum atomic E-state index is -0.221. The van der Waals surface area contributed by atoms with Gasteiger partial charge < -0.3 is 10.4 Å². The summed E-state index contributed by atoms with van der Waals surface area (Å²) in [7, 11) is 0. The van der Waals surface area contributed by atoms with E-state index in [1.807, 2.05) is 6.92 Å². The molecule has 0 radical (unpaired) electrons. The molecule has 0 spiro atoms. The molecule has 0 aromatic carbocycles. The highest BCUT2D eigenvalue weighted by Crippen LogP contribution is 2.06. The molecule has 13 heavy (non-hydrogen) atoms. The van der Waals surface area contributed by atoms with E-state index in [2.05, 4.69) is 19.2 Å². The molecule has 2 atom stereocenters. The second kappa shape index (κ2) is 8.52. The molecule has 0 fully saturated rings. The lowest BCUT2D eigenvalue weighted by atomic mass is 10.1. The van der Waals surface area contributed by atoms with Crippen molar-refractivity contribution in [3.8, 4) is 0 Å². The Bertz CT molecular complexity index is 104. The van der Waals surface area contributed by atoms with Gasteiger partial charge in [0, 0.05) is 12.6 Å². The Kier molecular flexibility index (Phi) is 8.46. The summed E-state index contributed by atoms with van der Waals surface area (Å²) < 4.78 is 0. The van der Waals surface area contributed by atoms with Crippen LogP contribution in [0.5, 0.6) is 0 Å². The first-order valence-corrected chi connectivity index (χ1v) is 5.62. The first-order valence-electron chi connectivity index (χ1n) is 5.62. The molecule has 0 rings (SSSR count). The van der Waals surface area contributed by atoms with Crippen molar-refractivity contribution in [3.63, 3.8) is 0 Å². The van der Waals surface area contributed by atoms with E-state index in [1.54, 1.807) is 0 Å². The maximum absolute atomic E-state index is 9.13. The van der Waals surface area contributed by atoms with Gasteiger partial charge in [-0.3, -0.25) is 0 Å². The Morgan fingerprint density at radius 3 is 2.31 bits per heavy atom. The molecule has 0 heterocycles. The van der Waals surface area contributed by atoms with E-state index in [0.29, 0.717) is 6.04 Å². The van der Waals surface area contributed by atoms with Crippen LogP contribution < -0.4 is 5.32 Å². The number of nitrogens with one attached hydrogen (secondary N) is 1. The Labute approximate surface area is 82.7 Å². The zero-order chi connectivity index (χ0) is 10.1. The molecule has 0 aliphatic rings. The number of hydrogen-bond donors (Lipinski definition) is 2. The summed E-state index contributed by atoms with van der Waals surface area (Å²) in [4.78, 5) is 0. The van der Waals surface area contributed by atoms with Crippen LogP contribution in [0, 0.1) is 0 Å². The van der Waals surface area contributed by atoms with E-state index in [-0.39, 0.29) is 6.10 Å². The van der Waals surface area contributed by atoms with E-state index in [1.165, 1.54) is 32.1 Å². The third-order valence-electron chi connectivity index (χ3n) is 2.25. The number of unbranched alkanes of at least 4 members (excludes halogenated alkanes) is 1. The summed E-state index contributed by atoms with van der Waals surface area (Å²) in [6, 6.07) is 0.611. The van der Waals surface area contributed by atoms with Crippen LogP contribution in [0.1, 0.15) is 52.9 Å². The maximum Gasteiger partial charge on any atom is 0.0636 e. The van der Waals surface area contributed by atoms with Crippen molar-refractivity contribution in [2.45, 2.75) is 65.0 Å². The molecule has 2 N–H and O–H groups in total. The fraction of sp³-hybridized carbons (Fsp3) is 1.00. The molecule has 1 unspecified atom stereocenters. The Balaban J connectivity index is 3.53. The molecule has 2 heteroatoms. The van der Waals surface area contributed by atoms with E-state index in [9.17, 15) is 0 Å². The molecular weight excluding hydrogens is 162 g/mol. The molecule has 80 valence electrons. The summed E-state index contributed by atoms with van der Waals surface area (Å²) in [5.74, 6) is 0. The van der Waals surface area contributed by atoms with Crippen LogP contribution in [-0.4, -0.2) is 23.8 Å². The quantitative estimate of drug-likeness (QED) is 0.611. The molecule has 0 aromatic rings. The summed E-state index contributed by atoms with van der Waals surface area (Å²) in [5.41, 5.74) is 0. The van der Waals surface area contributed by atoms with Gasteiger partial charge in [0.25, 0.3) is 0 Å².